The number of phenolic OH excluding ortho intramolecular Hbond substituents is 1. The maximum atomic E-state index is 16.5. The molecule has 5 rings (SSSR count). The predicted molar refractivity (Wildman–Crippen MR) is 175 cm³/mol. The highest BCUT2D eigenvalue weighted by atomic mass is 19.1. The number of phenols is 1. The summed E-state index contributed by atoms with van der Waals surface area (Å²) in [4.78, 5) is 40.0. The summed E-state index contributed by atoms with van der Waals surface area (Å²) in [7, 11) is 1.35. The number of pyridine rings is 1. The van der Waals surface area contributed by atoms with Gasteiger partial charge < -0.3 is 29.5 Å². The van der Waals surface area contributed by atoms with E-state index in [4.69, 9.17) is 20.6 Å². The fourth-order valence-electron chi connectivity index (χ4n) is 5.96. The number of piperidine rings is 1. The summed E-state index contributed by atoms with van der Waals surface area (Å²) in [6.07, 6.45) is 5.95. The molecule has 4 aromatic rings. The number of amides is 1. The molecule has 1 fully saturated rings. The van der Waals surface area contributed by atoms with Crippen molar-refractivity contribution >= 4 is 39.6 Å². The largest absolute Gasteiger partial charge is 0.508 e. The van der Waals surface area contributed by atoms with Crippen LogP contribution in [0, 0.1) is 35.3 Å². The van der Waals surface area contributed by atoms with E-state index in [0.717, 1.165) is 0 Å². The third-order valence-corrected chi connectivity index (χ3v) is 7.80. The van der Waals surface area contributed by atoms with E-state index >= 15 is 4.39 Å². The minimum Gasteiger partial charge on any atom is -0.508 e. The number of carbonyl (C=O) groups is 2. The SMILES string of the molecule is C#Cc1c(F)ccc2cc(O)cc(-c3ncc4c(N5CC(C)CC(NC(=O)OC(C)OC(=O)CC(C)(C)C)C5)nc(OC)nc4c3F)c12. The molecule has 1 aliphatic rings. The highest BCUT2D eigenvalue weighted by Gasteiger charge is 2.31. The van der Waals surface area contributed by atoms with E-state index in [1.807, 2.05) is 32.6 Å². The lowest BCUT2D eigenvalue weighted by Gasteiger charge is -2.37. The average molecular weight is 662 g/mol. The molecule has 1 aliphatic heterocycles. The van der Waals surface area contributed by atoms with Crippen LogP contribution in [-0.2, 0) is 14.3 Å². The molecule has 48 heavy (non-hydrogen) atoms. The van der Waals surface area contributed by atoms with E-state index in [-0.39, 0.29) is 69.2 Å². The standard InChI is InChI=1S/C35H37F2N5O6/c1-8-23-26(36)10-9-20-12-22(43)13-24(28(20)23)30-29(37)31-25(15-38-30)32(41-33(40-31)46-7)42-16-18(2)11-21(17-42)39-34(45)48-19(3)47-27(44)14-35(4,5)6/h1,9-10,12-13,15,18-19,21,43H,11,14,16-17H2,2-7H3,(H,39,45). The second kappa shape index (κ2) is 13.5. The molecule has 2 N–H and O–H groups in total. The van der Waals surface area contributed by atoms with Crippen LogP contribution in [-0.4, -0.2) is 64.7 Å². The first kappa shape index (κ1) is 34.1. The number of aromatic hydroxyl groups is 1. The summed E-state index contributed by atoms with van der Waals surface area (Å²) in [6, 6.07) is 4.78. The van der Waals surface area contributed by atoms with Crippen LogP contribution in [0.2, 0.25) is 0 Å². The Kier molecular flexibility index (Phi) is 9.57. The van der Waals surface area contributed by atoms with Crippen molar-refractivity contribution in [3.05, 3.63) is 47.7 Å². The van der Waals surface area contributed by atoms with E-state index in [2.05, 4.69) is 26.2 Å². The Morgan fingerprint density at radius 3 is 2.62 bits per heavy atom. The lowest BCUT2D eigenvalue weighted by Crippen LogP contribution is -2.51. The maximum Gasteiger partial charge on any atom is 0.410 e. The van der Waals surface area contributed by atoms with Crippen LogP contribution in [0.5, 0.6) is 11.8 Å². The van der Waals surface area contributed by atoms with Gasteiger partial charge >= 0.3 is 18.1 Å². The molecule has 0 aliphatic carbocycles. The van der Waals surface area contributed by atoms with Crippen molar-refractivity contribution in [2.24, 2.45) is 11.3 Å². The maximum absolute atomic E-state index is 16.5. The van der Waals surface area contributed by atoms with Crippen molar-refractivity contribution in [1.29, 1.82) is 0 Å². The van der Waals surface area contributed by atoms with Gasteiger partial charge in [0, 0.05) is 37.2 Å². The molecule has 1 amide bonds. The number of anilines is 1. The van der Waals surface area contributed by atoms with Crippen LogP contribution in [0.3, 0.4) is 0 Å². The number of hydrogen-bond donors (Lipinski definition) is 2. The molecule has 3 unspecified atom stereocenters. The molecular formula is C35H37F2N5O6. The Hall–Kier alpha value is -5.25. The zero-order valence-electron chi connectivity index (χ0n) is 27.6. The summed E-state index contributed by atoms with van der Waals surface area (Å²) in [5.74, 6) is 0.514. The van der Waals surface area contributed by atoms with Gasteiger partial charge in [-0.3, -0.25) is 9.78 Å². The lowest BCUT2D eigenvalue weighted by atomic mass is 9.92. The smallest absolute Gasteiger partial charge is 0.410 e. The summed E-state index contributed by atoms with van der Waals surface area (Å²) < 4.78 is 47.0. The Morgan fingerprint density at radius 2 is 1.94 bits per heavy atom. The zero-order valence-corrected chi connectivity index (χ0v) is 27.6. The number of alkyl carbamates (subject to hydrolysis) is 1. The van der Waals surface area contributed by atoms with Crippen molar-refractivity contribution < 1.29 is 37.7 Å². The second-order valence-corrected chi connectivity index (χ2v) is 13.2. The van der Waals surface area contributed by atoms with Gasteiger partial charge in [0.15, 0.2) is 5.82 Å². The van der Waals surface area contributed by atoms with Gasteiger partial charge in [-0.05, 0) is 41.3 Å². The first-order valence-electron chi connectivity index (χ1n) is 15.4. The van der Waals surface area contributed by atoms with Gasteiger partial charge in [-0.1, -0.05) is 39.7 Å². The molecule has 0 radical (unpaired) electrons. The molecular weight excluding hydrogens is 624 g/mol. The quantitative estimate of drug-likeness (QED) is 0.136. The van der Waals surface area contributed by atoms with Crippen molar-refractivity contribution in [2.45, 2.75) is 59.8 Å². The second-order valence-electron chi connectivity index (χ2n) is 13.2. The van der Waals surface area contributed by atoms with E-state index in [9.17, 15) is 19.1 Å². The van der Waals surface area contributed by atoms with Gasteiger partial charge in [-0.25, -0.2) is 13.6 Å². The summed E-state index contributed by atoms with van der Waals surface area (Å²) in [5, 5.41) is 14.1. The highest BCUT2D eigenvalue weighted by molar-refractivity contribution is 6.03. The summed E-state index contributed by atoms with van der Waals surface area (Å²) in [5.41, 5.74) is -0.614. The molecule has 252 valence electrons. The first-order chi connectivity index (χ1) is 22.7. The van der Waals surface area contributed by atoms with Gasteiger partial charge in [0.1, 0.15) is 28.6 Å². The van der Waals surface area contributed by atoms with E-state index < -0.39 is 36.0 Å². The van der Waals surface area contributed by atoms with Crippen molar-refractivity contribution in [3.8, 4) is 35.4 Å². The third-order valence-electron chi connectivity index (χ3n) is 7.80. The number of nitrogens with one attached hydrogen (secondary N) is 1. The number of halogens is 2. The summed E-state index contributed by atoms with van der Waals surface area (Å²) in [6.45, 7) is 9.95. The molecule has 3 heterocycles. The molecule has 2 aromatic heterocycles. The minimum absolute atomic E-state index is 0.0647. The fourth-order valence-corrected chi connectivity index (χ4v) is 5.96. The monoisotopic (exact) mass is 661 g/mol. The van der Waals surface area contributed by atoms with Crippen LogP contribution in [0.1, 0.15) is 53.0 Å². The van der Waals surface area contributed by atoms with Crippen LogP contribution >= 0.6 is 0 Å². The first-order valence-corrected chi connectivity index (χ1v) is 15.4. The zero-order chi connectivity index (χ0) is 34.9. The number of terminal acetylenes is 1. The highest BCUT2D eigenvalue weighted by Crippen LogP contribution is 2.39. The number of esters is 1. The Morgan fingerprint density at radius 1 is 1.19 bits per heavy atom. The van der Waals surface area contributed by atoms with Crippen LogP contribution in [0.4, 0.5) is 19.4 Å². The Labute approximate surface area is 276 Å². The number of aromatic nitrogens is 3. The van der Waals surface area contributed by atoms with Gasteiger partial charge in [0.05, 0.1) is 30.5 Å². The molecule has 11 nitrogen and oxygen atoms in total. The number of rotatable bonds is 7. The van der Waals surface area contributed by atoms with Gasteiger partial charge in [-0.2, -0.15) is 9.97 Å². The normalized spacial score (nSPS) is 17.1. The van der Waals surface area contributed by atoms with Crippen LogP contribution < -0.4 is 15.0 Å². The molecule has 13 heteroatoms. The van der Waals surface area contributed by atoms with E-state index in [1.165, 1.54) is 44.5 Å². The van der Waals surface area contributed by atoms with Gasteiger partial charge in [0.25, 0.3) is 0 Å². The molecule has 0 bridgehead atoms. The number of hydrogen-bond acceptors (Lipinski definition) is 10. The Bertz CT molecular complexity index is 1940. The Balaban J connectivity index is 1.46. The predicted octanol–water partition coefficient (Wildman–Crippen LogP) is 6.09. The number of carbonyl (C=O) groups excluding carboxylic acids is 2. The molecule has 1 saturated heterocycles. The van der Waals surface area contributed by atoms with Gasteiger partial charge in [-0.15, -0.1) is 6.42 Å². The number of ether oxygens (including phenoxy) is 3. The molecule has 3 atom stereocenters. The number of fused-ring (bicyclic) bond motifs is 2. The molecule has 2 aromatic carbocycles. The van der Waals surface area contributed by atoms with Crippen molar-refractivity contribution in [2.75, 3.05) is 25.1 Å². The summed E-state index contributed by atoms with van der Waals surface area (Å²) >= 11 is 0. The number of nitrogens with zero attached hydrogens (tertiary/aromatic N) is 4. The topological polar surface area (TPSA) is 136 Å². The van der Waals surface area contributed by atoms with E-state index in [1.54, 1.807) is 0 Å². The van der Waals surface area contributed by atoms with Crippen LogP contribution in [0.15, 0.2) is 30.5 Å². The van der Waals surface area contributed by atoms with Crippen molar-refractivity contribution in [3.63, 3.8) is 0 Å². The third kappa shape index (κ3) is 7.33. The fraction of sp³-hybridized carbons (Fsp3) is 0.400. The minimum atomic E-state index is -1.09. The molecule has 0 spiro atoms. The average Bonchev–Trinajstić information content (AvgIpc) is 2.99. The van der Waals surface area contributed by atoms with E-state index in [0.29, 0.717) is 24.2 Å². The van der Waals surface area contributed by atoms with Crippen molar-refractivity contribution in [1.82, 2.24) is 20.3 Å². The lowest BCUT2D eigenvalue weighted by molar-refractivity contribution is -0.167. The van der Waals surface area contributed by atoms with Crippen LogP contribution in [0.25, 0.3) is 32.9 Å². The number of benzene rings is 2. The molecule has 0 saturated carbocycles. The van der Waals surface area contributed by atoms with Gasteiger partial charge in [0.2, 0.25) is 6.29 Å². The number of methoxy groups -OCH3 is 1.